The van der Waals surface area contributed by atoms with Crippen molar-refractivity contribution < 1.29 is 13.2 Å². The molecule has 6 heteroatoms. The zero-order valence-corrected chi connectivity index (χ0v) is 11.1. The molecule has 0 aliphatic carbocycles. The van der Waals surface area contributed by atoms with Crippen LogP contribution in [0.15, 0.2) is 53.4 Å². The molecule has 0 heterocycles. The number of nitrogens with one attached hydrogen (secondary N) is 1. The predicted molar refractivity (Wildman–Crippen MR) is 74.7 cm³/mol. The lowest BCUT2D eigenvalue weighted by atomic mass is 10.3. The highest BCUT2D eigenvalue weighted by Gasteiger charge is 2.20. The van der Waals surface area contributed by atoms with E-state index in [1.807, 2.05) is 0 Å². The molecule has 0 saturated heterocycles. The Hall–Kier alpha value is -2.21. The van der Waals surface area contributed by atoms with Gasteiger partial charge in [-0.25, -0.2) is 8.42 Å². The number of hydrogen-bond donors (Lipinski definition) is 2. The molecule has 2 aromatic rings. The second-order valence-electron chi connectivity index (χ2n) is 3.85. The molecule has 2 aromatic carbocycles. The van der Waals surface area contributed by atoms with E-state index in [0.717, 1.165) is 0 Å². The van der Waals surface area contributed by atoms with E-state index in [-0.39, 0.29) is 16.3 Å². The van der Waals surface area contributed by atoms with Crippen LogP contribution in [0.5, 0.6) is 5.75 Å². The third kappa shape index (κ3) is 2.79. The fourth-order valence-electron chi connectivity index (χ4n) is 1.68. The maximum Gasteiger partial charge on any atom is 0.265 e. The van der Waals surface area contributed by atoms with Crippen LogP contribution < -0.4 is 15.2 Å². The van der Waals surface area contributed by atoms with Crippen LogP contribution >= 0.6 is 0 Å². The van der Waals surface area contributed by atoms with Crippen LogP contribution in [-0.2, 0) is 10.0 Å². The summed E-state index contributed by atoms with van der Waals surface area (Å²) >= 11 is 0. The molecule has 0 aliphatic rings. The highest BCUT2D eigenvalue weighted by Crippen LogP contribution is 2.30. The number of sulfonamides is 1. The van der Waals surface area contributed by atoms with Gasteiger partial charge in [0.05, 0.1) is 12.8 Å². The van der Waals surface area contributed by atoms with Crippen LogP contribution in [0.2, 0.25) is 0 Å². The van der Waals surface area contributed by atoms with E-state index in [0.29, 0.717) is 5.69 Å². The summed E-state index contributed by atoms with van der Waals surface area (Å²) in [6.45, 7) is 0. The van der Waals surface area contributed by atoms with Crippen molar-refractivity contribution in [3.8, 4) is 5.75 Å². The first kappa shape index (κ1) is 13.2. The molecule has 0 saturated carbocycles. The molecule has 5 nitrogen and oxygen atoms in total. The quantitative estimate of drug-likeness (QED) is 0.839. The van der Waals surface area contributed by atoms with Crippen molar-refractivity contribution in [2.24, 2.45) is 0 Å². The summed E-state index contributed by atoms with van der Waals surface area (Å²) in [5, 5.41) is 0. The summed E-state index contributed by atoms with van der Waals surface area (Å²) in [5.74, 6) is 0.144. The maximum atomic E-state index is 12.3. The summed E-state index contributed by atoms with van der Waals surface area (Å²) in [6.07, 6.45) is 0. The maximum absolute atomic E-state index is 12.3. The molecule has 0 unspecified atom stereocenters. The lowest BCUT2D eigenvalue weighted by Crippen LogP contribution is -2.14. The number of para-hydroxylation sites is 2. The Morgan fingerprint density at radius 2 is 1.74 bits per heavy atom. The van der Waals surface area contributed by atoms with Crippen LogP contribution in [0, 0.1) is 0 Å². The molecule has 0 aromatic heterocycles. The van der Waals surface area contributed by atoms with Gasteiger partial charge >= 0.3 is 0 Å². The van der Waals surface area contributed by atoms with Crippen molar-refractivity contribution in [2.45, 2.75) is 4.90 Å². The minimum Gasteiger partial charge on any atom is -0.493 e. The summed E-state index contributed by atoms with van der Waals surface area (Å²) in [7, 11) is -2.35. The van der Waals surface area contributed by atoms with Gasteiger partial charge in [0, 0.05) is 5.69 Å². The number of ether oxygens (including phenoxy) is 1. The molecule has 0 amide bonds. The number of nitrogens with two attached hydrogens (primary N) is 1. The molecule has 0 radical (unpaired) electrons. The monoisotopic (exact) mass is 278 g/mol. The zero-order chi connectivity index (χ0) is 13.9. The number of nitrogen functional groups attached to an aromatic ring is 1. The smallest absolute Gasteiger partial charge is 0.265 e. The predicted octanol–water partition coefficient (Wildman–Crippen LogP) is 2.08. The fraction of sp³-hybridized carbons (Fsp3) is 0.0769. The van der Waals surface area contributed by atoms with Gasteiger partial charge in [-0.1, -0.05) is 24.3 Å². The largest absolute Gasteiger partial charge is 0.493 e. The Morgan fingerprint density at radius 1 is 1.05 bits per heavy atom. The third-order valence-corrected chi connectivity index (χ3v) is 3.93. The Morgan fingerprint density at radius 3 is 2.37 bits per heavy atom. The number of methoxy groups -OCH3 is 1. The van der Waals surface area contributed by atoms with Crippen molar-refractivity contribution in [1.29, 1.82) is 0 Å². The van der Waals surface area contributed by atoms with Crippen molar-refractivity contribution in [2.75, 3.05) is 17.6 Å². The van der Waals surface area contributed by atoms with Gasteiger partial charge in [-0.05, 0) is 24.3 Å². The average molecular weight is 278 g/mol. The van der Waals surface area contributed by atoms with Gasteiger partial charge in [0.15, 0.2) is 5.75 Å². The first-order valence-electron chi connectivity index (χ1n) is 5.55. The Labute approximate surface area is 112 Å². The molecule has 0 atom stereocenters. The average Bonchev–Trinajstić information content (AvgIpc) is 2.39. The van der Waals surface area contributed by atoms with Crippen molar-refractivity contribution >= 4 is 21.4 Å². The van der Waals surface area contributed by atoms with Gasteiger partial charge in [0.2, 0.25) is 0 Å². The standard InChI is InChI=1S/C13H14N2O3S/c1-18-13-11(14)8-5-9-12(13)19(16,17)15-10-6-3-2-4-7-10/h2-9,15H,14H2,1H3. The molecular weight excluding hydrogens is 264 g/mol. The van der Waals surface area contributed by atoms with Gasteiger partial charge in [-0.3, -0.25) is 4.72 Å². The van der Waals surface area contributed by atoms with E-state index in [4.69, 9.17) is 10.5 Å². The normalized spacial score (nSPS) is 11.0. The van der Waals surface area contributed by atoms with E-state index in [9.17, 15) is 8.42 Å². The summed E-state index contributed by atoms with van der Waals surface area (Å²) < 4.78 is 32.1. The lowest BCUT2D eigenvalue weighted by Gasteiger charge is -2.12. The van der Waals surface area contributed by atoms with Gasteiger partial charge in [-0.2, -0.15) is 0 Å². The Bertz CT molecular complexity index is 670. The first-order valence-corrected chi connectivity index (χ1v) is 7.03. The molecule has 0 fully saturated rings. The SMILES string of the molecule is COc1c(N)cccc1S(=O)(=O)Nc1ccccc1. The highest BCUT2D eigenvalue weighted by atomic mass is 32.2. The molecule has 0 aliphatic heterocycles. The van der Waals surface area contributed by atoms with Crippen molar-refractivity contribution in [1.82, 2.24) is 0 Å². The molecule has 19 heavy (non-hydrogen) atoms. The van der Waals surface area contributed by atoms with Crippen LogP contribution in [0.4, 0.5) is 11.4 Å². The molecule has 3 N–H and O–H groups in total. The van der Waals surface area contributed by atoms with Crippen molar-refractivity contribution in [3.05, 3.63) is 48.5 Å². The third-order valence-electron chi connectivity index (χ3n) is 2.53. The van der Waals surface area contributed by atoms with Crippen LogP contribution in [0.1, 0.15) is 0 Å². The minimum absolute atomic E-state index is 0.0128. The minimum atomic E-state index is -3.73. The van der Waals surface area contributed by atoms with Gasteiger partial charge in [0.1, 0.15) is 4.90 Å². The number of hydrogen-bond acceptors (Lipinski definition) is 4. The molecular formula is C13H14N2O3S. The summed E-state index contributed by atoms with van der Waals surface area (Å²) in [6, 6.07) is 13.2. The Kier molecular flexibility index (Phi) is 3.62. The molecule has 0 spiro atoms. The number of benzene rings is 2. The first-order chi connectivity index (χ1) is 9.04. The van der Waals surface area contributed by atoms with Crippen LogP contribution in [-0.4, -0.2) is 15.5 Å². The van der Waals surface area contributed by atoms with E-state index in [2.05, 4.69) is 4.72 Å². The summed E-state index contributed by atoms with van der Waals surface area (Å²) in [5.41, 5.74) is 6.46. The van der Waals surface area contributed by atoms with E-state index >= 15 is 0 Å². The second kappa shape index (κ2) is 5.19. The zero-order valence-electron chi connectivity index (χ0n) is 10.3. The fourth-order valence-corrected chi connectivity index (χ4v) is 2.94. The molecule has 0 bridgehead atoms. The second-order valence-corrected chi connectivity index (χ2v) is 5.50. The van der Waals surface area contributed by atoms with Crippen LogP contribution in [0.3, 0.4) is 0 Å². The topological polar surface area (TPSA) is 81.4 Å². The van der Waals surface area contributed by atoms with Gasteiger partial charge in [0.25, 0.3) is 10.0 Å². The van der Waals surface area contributed by atoms with Gasteiger partial charge in [-0.15, -0.1) is 0 Å². The number of rotatable bonds is 4. The molecule has 2 rings (SSSR count). The van der Waals surface area contributed by atoms with E-state index in [1.54, 1.807) is 42.5 Å². The molecule has 100 valence electrons. The number of anilines is 2. The van der Waals surface area contributed by atoms with E-state index < -0.39 is 10.0 Å². The highest BCUT2D eigenvalue weighted by molar-refractivity contribution is 7.92. The Balaban J connectivity index is 2.43. The lowest BCUT2D eigenvalue weighted by molar-refractivity contribution is 0.405. The van der Waals surface area contributed by atoms with Crippen LogP contribution in [0.25, 0.3) is 0 Å². The van der Waals surface area contributed by atoms with Crippen molar-refractivity contribution in [3.63, 3.8) is 0 Å². The summed E-state index contributed by atoms with van der Waals surface area (Å²) in [4.78, 5) is 0.0128. The van der Waals surface area contributed by atoms with Gasteiger partial charge < -0.3 is 10.5 Å². The van der Waals surface area contributed by atoms with E-state index in [1.165, 1.54) is 13.2 Å².